The fourth-order valence-electron chi connectivity index (χ4n) is 3.08. The zero-order valence-electron chi connectivity index (χ0n) is 16.0. The number of rotatable bonds is 7. The molecule has 1 fully saturated rings. The van der Waals surface area contributed by atoms with Crippen LogP contribution in [0.4, 0.5) is 0 Å². The van der Waals surface area contributed by atoms with E-state index in [4.69, 9.17) is 9.47 Å². The van der Waals surface area contributed by atoms with Crippen molar-refractivity contribution in [3.05, 3.63) is 11.9 Å². The summed E-state index contributed by atoms with van der Waals surface area (Å²) in [6, 6.07) is 0. The third kappa shape index (κ3) is 4.41. The number of aliphatic hydroxyl groups excluding tert-OH is 4. The van der Waals surface area contributed by atoms with Crippen molar-refractivity contribution in [3.8, 4) is 0 Å². The monoisotopic (exact) mass is 373 g/mol. The van der Waals surface area contributed by atoms with Crippen LogP contribution in [-0.2, 0) is 15.0 Å². The molecule has 150 valence electrons. The van der Waals surface area contributed by atoms with Gasteiger partial charge in [-0.05, 0) is 41.0 Å². The second-order valence-corrected chi connectivity index (χ2v) is 8.07. The number of aromatic nitrogens is 3. The van der Waals surface area contributed by atoms with E-state index in [1.165, 1.54) is 0 Å². The molecule has 2 rings (SSSR count). The number of aryl methyl sites for hydroxylation is 1. The number of nitrogens with zero attached hydrogens (tertiary/aromatic N) is 3. The van der Waals surface area contributed by atoms with Gasteiger partial charge < -0.3 is 29.9 Å². The van der Waals surface area contributed by atoms with Crippen LogP contribution in [0.5, 0.6) is 0 Å². The lowest BCUT2D eigenvalue weighted by atomic mass is 9.86. The van der Waals surface area contributed by atoms with Crippen LogP contribution in [0.3, 0.4) is 0 Å². The summed E-state index contributed by atoms with van der Waals surface area (Å²) in [6.07, 6.45) is -3.46. The zero-order valence-corrected chi connectivity index (χ0v) is 16.0. The van der Waals surface area contributed by atoms with Crippen LogP contribution in [-0.4, -0.2) is 84.8 Å². The molecule has 0 bridgehead atoms. The Kier molecular flexibility index (Phi) is 6.42. The smallest absolute Gasteiger partial charge is 0.115 e. The molecular weight excluding hydrogens is 342 g/mol. The highest BCUT2D eigenvalue weighted by molar-refractivity contribution is 4.99. The Balaban J connectivity index is 1.99. The Morgan fingerprint density at radius 3 is 2.35 bits per heavy atom. The molecule has 1 aromatic heterocycles. The average Bonchev–Trinajstić information content (AvgIpc) is 3.00. The molecule has 0 spiro atoms. The van der Waals surface area contributed by atoms with Crippen LogP contribution in [0.25, 0.3) is 0 Å². The molecule has 26 heavy (non-hydrogen) atoms. The van der Waals surface area contributed by atoms with Gasteiger partial charge in [0.2, 0.25) is 0 Å². The van der Waals surface area contributed by atoms with Crippen molar-refractivity contribution in [2.75, 3.05) is 13.2 Å². The van der Waals surface area contributed by atoms with Gasteiger partial charge >= 0.3 is 0 Å². The maximum Gasteiger partial charge on any atom is 0.115 e. The first-order chi connectivity index (χ1) is 12.0. The molecule has 5 atom stereocenters. The van der Waals surface area contributed by atoms with Gasteiger partial charge in [-0.25, -0.2) is 4.68 Å². The first kappa shape index (κ1) is 21.2. The summed E-state index contributed by atoms with van der Waals surface area (Å²) in [4.78, 5) is 0. The minimum Gasteiger partial charge on any atom is -0.394 e. The first-order valence-electron chi connectivity index (χ1n) is 8.83. The summed E-state index contributed by atoms with van der Waals surface area (Å²) in [5.74, 6) is 0. The Bertz CT molecular complexity index is 589. The van der Waals surface area contributed by atoms with Crippen LogP contribution in [0.2, 0.25) is 0 Å². The van der Waals surface area contributed by atoms with Crippen molar-refractivity contribution in [1.29, 1.82) is 0 Å². The second kappa shape index (κ2) is 7.87. The highest BCUT2D eigenvalue weighted by Gasteiger charge is 2.49. The van der Waals surface area contributed by atoms with E-state index in [-0.39, 0.29) is 5.54 Å². The van der Waals surface area contributed by atoms with Gasteiger partial charge in [-0.3, -0.25) is 0 Å². The topological polar surface area (TPSA) is 130 Å². The van der Waals surface area contributed by atoms with E-state index in [1.807, 2.05) is 27.0 Å². The number of hydrogen-bond donors (Lipinski definition) is 4. The third-order valence-electron chi connectivity index (χ3n) is 4.99. The normalized spacial score (nSPS) is 30.6. The predicted molar refractivity (Wildman–Crippen MR) is 92.5 cm³/mol. The third-order valence-corrected chi connectivity index (χ3v) is 4.99. The van der Waals surface area contributed by atoms with Crippen molar-refractivity contribution < 1.29 is 29.9 Å². The SMILES string of the molecule is Cc1cn(C(C)(C)CCOC(C)(C)C2OC(CO)C(O)C(O)C2O)nn1. The summed E-state index contributed by atoms with van der Waals surface area (Å²) in [6.45, 7) is 9.29. The molecule has 1 aliphatic rings. The Labute approximate surface area is 153 Å². The molecule has 1 aromatic rings. The van der Waals surface area contributed by atoms with Gasteiger partial charge in [-0.1, -0.05) is 5.21 Å². The standard InChI is InChI=1S/C17H31N3O6/c1-10-8-20(19-18-10)16(2,3)6-7-25-17(4,5)15-14(24)13(23)12(22)11(9-21)26-15/h8,11-15,21-24H,6-7,9H2,1-5H3. The first-order valence-corrected chi connectivity index (χ1v) is 8.83. The zero-order chi connectivity index (χ0) is 19.7. The van der Waals surface area contributed by atoms with E-state index in [0.29, 0.717) is 13.0 Å². The molecule has 1 aliphatic heterocycles. The summed E-state index contributed by atoms with van der Waals surface area (Å²) in [5.41, 5.74) is -0.421. The molecular formula is C17H31N3O6. The van der Waals surface area contributed by atoms with Gasteiger partial charge in [0, 0.05) is 12.8 Å². The quantitative estimate of drug-likeness (QED) is 0.496. The molecule has 0 amide bonds. The van der Waals surface area contributed by atoms with Crippen LogP contribution in [0.1, 0.15) is 39.8 Å². The lowest BCUT2D eigenvalue weighted by molar-refractivity contribution is -0.272. The summed E-state index contributed by atoms with van der Waals surface area (Å²) >= 11 is 0. The second-order valence-electron chi connectivity index (χ2n) is 8.07. The summed E-state index contributed by atoms with van der Waals surface area (Å²) < 4.78 is 13.3. The van der Waals surface area contributed by atoms with E-state index in [0.717, 1.165) is 5.69 Å². The van der Waals surface area contributed by atoms with E-state index >= 15 is 0 Å². The highest BCUT2D eigenvalue weighted by atomic mass is 16.6. The Morgan fingerprint density at radius 2 is 1.81 bits per heavy atom. The fraction of sp³-hybridized carbons (Fsp3) is 0.882. The molecule has 0 radical (unpaired) electrons. The molecule has 0 aromatic carbocycles. The van der Waals surface area contributed by atoms with Crippen LogP contribution in [0, 0.1) is 6.92 Å². The van der Waals surface area contributed by atoms with E-state index in [1.54, 1.807) is 18.5 Å². The maximum absolute atomic E-state index is 10.3. The fourth-order valence-corrected chi connectivity index (χ4v) is 3.08. The minimum atomic E-state index is -1.41. The molecule has 1 saturated heterocycles. The Hall–Kier alpha value is -1.10. The van der Waals surface area contributed by atoms with Crippen LogP contribution >= 0.6 is 0 Å². The van der Waals surface area contributed by atoms with Crippen LogP contribution < -0.4 is 0 Å². The van der Waals surface area contributed by atoms with Gasteiger partial charge in [0.25, 0.3) is 0 Å². The summed E-state index contributed by atoms with van der Waals surface area (Å²) in [5, 5.41) is 47.6. The van der Waals surface area contributed by atoms with Crippen molar-refractivity contribution in [2.45, 2.75) is 82.7 Å². The molecule has 0 saturated carbocycles. The van der Waals surface area contributed by atoms with E-state index in [9.17, 15) is 20.4 Å². The van der Waals surface area contributed by atoms with Crippen molar-refractivity contribution in [2.24, 2.45) is 0 Å². The number of aliphatic hydroxyl groups is 4. The molecule has 9 heteroatoms. The lowest BCUT2D eigenvalue weighted by Gasteiger charge is -2.46. The minimum absolute atomic E-state index is 0.313. The molecule has 0 aliphatic carbocycles. The molecule has 2 heterocycles. The number of hydrogen-bond acceptors (Lipinski definition) is 8. The number of ether oxygens (including phenoxy) is 2. The van der Waals surface area contributed by atoms with Crippen molar-refractivity contribution >= 4 is 0 Å². The van der Waals surface area contributed by atoms with Gasteiger partial charge in [-0.15, -0.1) is 5.10 Å². The van der Waals surface area contributed by atoms with Crippen molar-refractivity contribution in [1.82, 2.24) is 15.0 Å². The van der Waals surface area contributed by atoms with Gasteiger partial charge in [-0.2, -0.15) is 0 Å². The highest BCUT2D eigenvalue weighted by Crippen LogP contribution is 2.31. The van der Waals surface area contributed by atoms with Gasteiger partial charge in [0.1, 0.15) is 30.5 Å². The van der Waals surface area contributed by atoms with E-state index in [2.05, 4.69) is 10.3 Å². The van der Waals surface area contributed by atoms with Crippen molar-refractivity contribution in [3.63, 3.8) is 0 Å². The summed E-state index contributed by atoms with van der Waals surface area (Å²) in [7, 11) is 0. The predicted octanol–water partition coefficient (Wildman–Crippen LogP) is -0.651. The molecule has 9 nitrogen and oxygen atoms in total. The van der Waals surface area contributed by atoms with Gasteiger partial charge in [0.15, 0.2) is 0 Å². The Morgan fingerprint density at radius 1 is 1.15 bits per heavy atom. The van der Waals surface area contributed by atoms with Crippen LogP contribution in [0.15, 0.2) is 6.20 Å². The average molecular weight is 373 g/mol. The molecule has 5 unspecified atom stereocenters. The van der Waals surface area contributed by atoms with Gasteiger partial charge in [0.05, 0.1) is 23.4 Å². The molecule has 4 N–H and O–H groups in total. The van der Waals surface area contributed by atoms with E-state index < -0.39 is 42.7 Å². The maximum atomic E-state index is 10.3. The largest absolute Gasteiger partial charge is 0.394 e. The lowest BCUT2D eigenvalue weighted by Crippen LogP contribution is -2.64.